The van der Waals surface area contributed by atoms with Crippen molar-refractivity contribution in [3.8, 4) is 73.2 Å². The molecular formula is C61H40N4O. The van der Waals surface area contributed by atoms with Gasteiger partial charge in [-0.25, -0.2) is 15.0 Å². The Morgan fingerprint density at radius 1 is 0.409 bits per heavy atom. The number of aliphatic hydroxyl groups is 1. The van der Waals surface area contributed by atoms with Crippen LogP contribution in [0.15, 0.2) is 206 Å². The Bertz CT molecular complexity index is 3760. The number of hydrogen-bond acceptors (Lipinski definition) is 4. The molecule has 0 unspecified atom stereocenters. The minimum Gasteiger partial charge on any atom is -0.388 e. The van der Waals surface area contributed by atoms with Crippen LogP contribution in [0.4, 0.5) is 0 Å². The zero-order chi connectivity index (χ0) is 43.5. The standard InChI is InChI=1S/C61H40N4O/c66-57-32-31-37-29-30-40(34-48(37)42-19-4-5-24-47(42)57)60-63-58(38-15-2-1-3-16-38)62-59(64-60)39-17-14-18-41(33-39)65-55-28-13-9-23-46(55)50-35-54-49(36-56(50)65)45-22-8-12-27-53(45)61(54)51-25-10-6-20-43(51)44-21-7-11-26-52(44)61/h1-30,33-36,57,66H,31-32H2/t57-/m1/s1. The number of aromatic nitrogens is 4. The predicted octanol–water partition coefficient (Wildman–Crippen LogP) is 14.0. The van der Waals surface area contributed by atoms with E-state index in [1.165, 1.54) is 60.8 Å². The van der Waals surface area contributed by atoms with Crippen molar-refractivity contribution in [1.82, 2.24) is 19.5 Å². The van der Waals surface area contributed by atoms with Gasteiger partial charge in [0.1, 0.15) is 0 Å². The fourth-order valence-electron chi connectivity index (χ4n) is 11.6. The Hall–Kier alpha value is -8.25. The molecule has 0 saturated heterocycles. The molecule has 11 aromatic rings. The normalized spacial score (nSPS) is 14.9. The van der Waals surface area contributed by atoms with Crippen LogP contribution in [0.5, 0.6) is 0 Å². The highest BCUT2D eigenvalue weighted by Crippen LogP contribution is 2.63. The van der Waals surface area contributed by atoms with Crippen molar-refractivity contribution in [3.05, 3.63) is 240 Å². The zero-order valence-corrected chi connectivity index (χ0v) is 35.9. The van der Waals surface area contributed by atoms with Gasteiger partial charge in [-0.1, -0.05) is 170 Å². The van der Waals surface area contributed by atoms with Gasteiger partial charge in [-0.3, -0.25) is 0 Å². The third-order valence-corrected chi connectivity index (χ3v) is 14.5. The van der Waals surface area contributed by atoms with Crippen LogP contribution in [0.2, 0.25) is 0 Å². The summed E-state index contributed by atoms with van der Waals surface area (Å²) in [7, 11) is 0. The van der Waals surface area contributed by atoms with Crippen molar-refractivity contribution < 1.29 is 5.11 Å². The van der Waals surface area contributed by atoms with Gasteiger partial charge in [0.25, 0.3) is 0 Å². The van der Waals surface area contributed by atoms with Gasteiger partial charge >= 0.3 is 0 Å². The van der Waals surface area contributed by atoms with Gasteiger partial charge in [0.05, 0.1) is 22.6 Å². The Morgan fingerprint density at radius 2 is 0.985 bits per heavy atom. The summed E-state index contributed by atoms with van der Waals surface area (Å²) >= 11 is 0. The van der Waals surface area contributed by atoms with Gasteiger partial charge in [-0.05, 0) is 116 Å². The van der Waals surface area contributed by atoms with E-state index in [1.807, 2.05) is 36.4 Å². The molecule has 0 radical (unpaired) electrons. The van der Waals surface area contributed by atoms with E-state index in [-0.39, 0.29) is 0 Å². The second-order valence-electron chi connectivity index (χ2n) is 17.9. The third kappa shape index (κ3) is 5.23. The van der Waals surface area contributed by atoms with Crippen LogP contribution in [0.3, 0.4) is 0 Å². The molecular weight excluding hydrogens is 805 g/mol. The van der Waals surface area contributed by atoms with Crippen LogP contribution in [0.25, 0.3) is 95.0 Å². The fourth-order valence-corrected chi connectivity index (χ4v) is 11.6. The molecule has 0 aliphatic heterocycles. The van der Waals surface area contributed by atoms with Gasteiger partial charge in [0, 0.05) is 33.2 Å². The minimum absolute atomic E-state index is 0.425. The first-order valence-electron chi connectivity index (χ1n) is 22.8. The molecule has 5 heteroatoms. The number of aliphatic hydroxyl groups excluding tert-OH is 1. The SMILES string of the molecule is O[C@@H]1CCc2ccc(-c3nc(-c4ccccc4)nc(-c4cccc(-n5c6ccccc6c6cc7c(cc65)-c5ccccc5C75c6ccccc6-c6ccccc65)c4)n3)cc2-c2ccccc21. The van der Waals surface area contributed by atoms with Gasteiger partial charge in [-0.2, -0.15) is 0 Å². The van der Waals surface area contributed by atoms with Gasteiger partial charge < -0.3 is 9.67 Å². The molecule has 310 valence electrons. The highest BCUT2D eigenvalue weighted by molar-refractivity contribution is 6.12. The summed E-state index contributed by atoms with van der Waals surface area (Å²) in [4.78, 5) is 15.6. The molecule has 1 atom stereocenters. The Morgan fingerprint density at radius 3 is 1.71 bits per heavy atom. The first kappa shape index (κ1) is 37.2. The third-order valence-electron chi connectivity index (χ3n) is 14.5. The molecule has 2 aromatic heterocycles. The summed E-state index contributed by atoms with van der Waals surface area (Å²) in [6.45, 7) is 0. The Balaban J connectivity index is 0.964. The van der Waals surface area contributed by atoms with Gasteiger partial charge in [0.15, 0.2) is 17.5 Å². The predicted molar refractivity (Wildman–Crippen MR) is 265 cm³/mol. The van der Waals surface area contributed by atoms with Crippen LogP contribution in [0.1, 0.15) is 45.9 Å². The lowest BCUT2D eigenvalue weighted by atomic mass is 9.70. The summed E-state index contributed by atoms with van der Waals surface area (Å²) in [5.74, 6) is 1.81. The molecule has 66 heavy (non-hydrogen) atoms. The summed E-state index contributed by atoms with van der Waals surface area (Å²) in [6.07, 6.45) is 0.957. The average Bonchev–Trinajstić information content (AvgIpc) is 3.94. The van der Waals surface area contributed by atoms with E-state index in [9.17, 15) is 5.11 Å². The summed E-state index contributed by atoms with van der Waals surface area (Å²) in [6, 6.07) is 74.2. The first-order chi connectivity index (χ1) is 32.6. The van der Waals surface area contributed by atoms with Crippen molar-refractivity contribution in [2.75, 3.05) is 0 Å². The number of benzene rings is 9. The smallest absolute Gasteiger partial charge is 0.164 e. The largest absolute Gasteiger partial charge is 0.388 e. The lowest BCUT2D eigenvalue weighted by Gasteiger charge is -2.30. The van der Waals surface area contributed by atoms with E-state index in [2.05, 4.69) is 174 Å². The quantitative estimate of drug-likeness (QED) is 0.192. The number of fused-ring (bicyclic) bond motifs is 16. The highest BCUT2D eigenvalue weighted by Gasteiger charge is 2.51. The van der Waals surface area contributed by atoms with Gasteiger partial charge in [-0.15, -0.1) is 0 Å². The van der Waals surface area contributed by atoms with Crippen LogP contribution in [-0.2, 0) is 11.8 Å². The second kappa shape index (κ2) is 14.1. The molecule has 14 rings (SSSR count). The Labute approximate surface area is 382 Å². The lowest BCUT2D eigenvalue weighted by molar-refractivity contribution is 0.169. The van der Waals surface area contributed by atoms with Crippen molar-refractivity contribution in [3.63, 3.8) is 0 Å². The fraction of sp³-hybridized carbons (Fsp3) is 0.0656. The van der Waals surface area contributed by atoms with Crippen molar-refractivity contribution in [1.29, 1.82) is 0 Å². The van der Waals surface area contributed by atoms with E-state index >= 15 is 0 Å². The summed E-state index contributed by atoms with van der Waals surface area (Å²) in [5, 5.41) is 13.5. The zero-order valence-electron chi connectivity index (χ0n) is 35.9. The number of aryl methyl sites for hydroxylation is 1. The van der Waals surface area contributed by atoms with E-state index in [0.29, 0.717) is 23.9 Å². The summed E-state index contributed by atoms with van der Waals surface area (Å²) < 4.78 is 2.41. The van der Waals surface area contributed by atoms with E-state index in [1.54, 1.807) is 0 Å². The second-order valence-corrected chi connectivity index (χ2v) is 17.9. The van der Waals surface area contributed by atoms with Crippen molar-refractivity contribution >= 4 is 21.8 Å². The molecule has 5 nitrogen and oxygen atoms in total. The van der Waals surface area contributed by atoms with E-state index in [4.69, 9.17) is 15.0 Å². The maximum atomic E-state index is 11.1. The maximum Gasteiger partial charge on any atom is 0.164 e. The minimum atomic E-state index is -0.511. The number of rotatable bonds is 4. The Kier molecular flexibility index (Phi) is 7.95. The van der Waals surface area contributed by atoms with Crippen LogP contribution in [-0.4, -0.2) is 24.6 Å². The van der Waals surface area contributed by atoms with E-state index in [0.717, 1.165) is 56.5 Å². The van der Waals surface area contributed by atoms with Crippen LogP contribution < -0.4 is 0 Å². The lowest BCUT2D eigenvalue weighted by Crippen LogP contribution is -2.25. The molecule has 1 N–H and O–H groups in total. The number of nitrogens with zero attached hydrogens (tertiary/aromatic N) is 4. The maximum absolute atomic E-state index is 11.1. The molecule has 0 fully saturated rings. The molecule has 9 aromatic carbocycles. The van der Waals surface area contributed by atoms with E-state index < -0.39 is 11.5 Å². The van der Waals surface area contributed by atoms with Gasteiger partial charge in [0.2, 0.25) is 0 Å². The van der Waals surface area contributed by atoms with Crippen molar-refractivity contribution in [2.24, 2.45) is 0 Å². The first-order valence-corrected chi connectivity index (χ1v) is 22.8. The van der Waals surface area contributed by atoms with Crippen molar-refractivity contribution in [2.45, 2.75) is 24.4 Å². The molecule has 1 spiro atoms. The monoisotopic (exact) mass is 844 g/mol. The summed E-state index contributed by atoms with van der Waals surface area (Å²) in [5.41, 5.74) is 20.4. The highest BCUT2D eigenvalue weighted by atomic mass is 16.3. The van der Waals surface area contributed by atoms with Crippen LogP contribution in [0, 0.1) is 0 Å². The molecule has 0 bridgehead atoms. The molecule has 2 heterocycles. The molecule has 0 amide bonds. The molecule has 3 aliphatic carbocycles. The average molecular weight is 845 g/mol. The molecule has 0 saturated carbocycles. The van der Waals surface area contributed by atoms with Crippen LogP contribution >= 0.6 is 0 Å². The number of hydrogen-bond donors (Lipinski definition) is 1. The number of para-hydroxylation sites is 1. The topological polar surface area (TPSA) is 63.8 Å². The molecule has 3 aliphatic rings.